The number of ether oxygens (including phenoxy) is 2. The molecule has 0 aromatic heterocycles. The normalized spacial score (nSPS) is 12.0. The Morgan fingerprint density at radius 1 is 1.10 bits per heavy atom. The number of benzene rings is 2. The summed E-state index contributed by atoms with van der Waals surface area (Å²) >= 11 is 0. The summed E-state index contributed by atoms with van der Waals surface area (Å²) in [6.45, 7) is 4.02. The molecule has 1 unspecified atom stereocenters. The zero-order chi connectivity index (χ0) is 14.5. The minimum Gasteiger partial charge on any atom is -0.493 e. The summed E-state index contributed by atoms with van der Waals surface area (Å²) in [5.41, 5.74) is 8.14. The molecule has 0 bridgehead atoms. The maximum atomic E-state index is 5.91. The number of aryl methyl sites for hydroxylation is 1. The van der Waals surface area contributed by atoms with Gasteiger partial charge in [-0.2, -0.15) is 0 Å². The van der Waals surface area contributed by atoms with E-state index in [9.17, 15) is 0 Å². The fourth-order valence-corrected chi connectivity index (χ4v) is 2.09. The molecular formula is C17H21NO2. The van der Waals surface area contributed by atoms with E-state index in [-0.39, 0.29) is 6.04 Å². The molecule has 0 amide bonds. The number of nitrogens with two attached hydrogens (primary N) is 1. The molecule has 2 aromatic rings. The smallest absolute Gasteiger partial charge is 0.169 e. The van der Waals surface area contributed by atoms with Crippen LogP contribution in [0.5, 0.6) is 17.2 Å². The molecule has 0 aliphatic heterocycles. The third kappa shape index (κ3) is 3.75. The molecule has 0 aliphatic rings. The Bertz CT molecular complexity index is 579. The lowest BCUT2D eigenvalue weighted by Crippen LogP contribution is -2.17. The highest BCUT2D eigenvalue weighted by Crippen LogP contribution is 2.32. The van der Waals surface area contributed by atoms with Crippen LogP contribution in [0.1, 0.15) is 18.1 Å². The summed E-state index contributed by atoms with van der Waals surface area (Å²) in [6.07, 6.45) is 0.836. The first-order valence-corrected chi connectivity index (χ1v) is 6.75. The Hall–Kier alpha value is -2.00. The van der Waals surface area contributed by atoms with Crippen molar-refractivity contribution in [3.8, 4) is 17.2 Å². The molecule has 3 nitrogen and oxygen atoms in total. The predicted molar refractivity (Wildman–Crippen MR) is 81.6 cm³/mol. The van der Waals surface area contributed by atoms with Crippen LogP contribution in [-0.2, 0) is 6.42 Å². The van der Waals surface area contributed by atoms with Crippen LogP contribution in [0.25, 0.3) is 0 Å². The Kier molecular flexibility index (Phi) is 4.64. The molecule has 0 spiro atoms. The van der Waals surface area contributed by atoms with Gasteiger partial charge >= 0.3 is 0 Å². The van der Waals surface area contributed by atoms with Crippen molar-refractivity contribution in [2.24, 2.45) is 5.73 Å². The van der Waals surface area contributed by atoms with Gasteiger partial charge in [0.25, 0.3) is 0 Å². The van der Waals surface area contributed by atoms with E-state index in [0.29, 0.717) is 0 Å². The predicted octanol–water partition coefficient (Wildman–Crippen LogP) is 3.69. The monoisotopic (exact) mass is 271 g/mol. The van der Waals surface area contributed by atoms with E-state index in [0.717, 1.165) is 29.2 Å². The van der Waals surface area contributed by atoms with Crippen molar-refractivity contribution in [1.82, 2.24) is 0 Å². The topological polar surface area (TPSA) is 44.5 Å². The van der Waals surface area contributed by atoms with Crippen molar-refractivity contribution >= 4 is 0 Å². The van der Waals surface area contributed by atoms with Crippen LogP contribution in [0.4, 0.5) is 0 Å². The molecule has 0 aliphatic carbocycles. The summed E-state index contributed by atoms with van der Waals surface area (Å²) in [7, 11) is 1.65. The summed E-state index contributed by atoms with van der Waals surface area (Å²) < 4.78 is 11.3. The maximum absolute atomic E-state index is 5.91. The summed E-state index contributed by atoms with van der Waals surface area (Å²) in [6, 6.07) is 14.0. The van der Waals surface area contributed by atoms with Gasteiger partial charge in [0.1, 0.15) is 5.75 Å². The number of hydrogen-bond donors (Lipinski definition) is 1. The van der Waals surface area contributed by atoms with Gasteiger partial charge in [-0.15, -0.1) is 0 Å². The van der Waals surface area contributed by atoms with Crippen LogP contribution in [0.2, 0.25) is 0 Å². The van der Waals surface area contributed by atoms with Gasteiger partial charge in [-0.25, -0.2) is 0 Å². The van der Waals surface area contributed by atoms with Gasteiger partial charge in [0.2, 0.25) is 0 Å². The summed E-state index contributed by atoms with van der Waals surface area (Å²) in [4.78, 5) is 0. The zero-order valence-corrected chi connectivity index (χ0v) is 12.2. The fourth-order valence-electron chi connectivity index (χ4n) is 2.09. The minimum absolute atomic E-state index is 0.138. The van der Waals surface area contributed by atoms with E-state index in [1.165, 1.54) is 5.56 Å². The van der Waals surface area contributed by atoms with E-state index in [2.05, 4.69) is 6.07 Å². The van der Waals surface area contributed by atoms with Gasteiger partial charge in [-0.1, -0.05) is 18.2 Å². The maximum Gasteiger partial charge on any atom is 0.169 e. The van der Waals surface area contributed by atoms with Gasteiger partial charge in [-0.3, -0.25) is 0 Å². The molecule has 20 heavy (non-hydrogen) atoms. The van der Waals surface area contributed by atoms with Gasteiger partial charge < -0.3 is 15.2 Å². The van der Waals surface area contributed by atoms with E-state index in [1.54, 1.807) is 7.11 Å². The van der Waals surface area contributed by atoms with Crippen LogP contribution in [0.15, 0.2) is 42.5 Å². The van der Waals surface area contributed by atoms with Crippen molar-refractivity contribution < 1.29 is 9.47 Å². The van der Waals surface area contributed by atoms with Gasteiger partial charge in [0, 0.05) is 6.04 Å². The highest BCUT2D eigenvalue weighted by Gasteiger charge is 2.07. The zero-order valence-electron chi connectivity index (χ0n) is 12.2. The van der Waals surface area contributed by atoms with Gasteiger partial charge in [0.15, 0.2) is 11.5 Å². The van der Waals surface area contributed by atoms with Crippen LogP contribution in [0, 0.1) is 6.92 Å². The Morgan fingerprint density at radius 2 is 1.90 bits per heavy atom. The first kappa shape index (κ1) is 14.4. The van der Waals surface area contributed by atoms with Crippen LogP contribution >= 0.6 is 0 Å². The molecule has 2 rings (SSSR count). The Balaban J connectivity index is 2.21. The van der Waals surface area contributed by atoms with Crippen molar-refractivity contribution in [3.05, 3.63) is 53.6 Å². The number of methoxy groups -OCH3 is 1. The van der Waals surface area contributed by atoms with E-state index >= 15 is 0 Å². The lowest BCUT2D eigenvalue weighted by molar-refractivity contribution is 0.378. The van der Waals surface area contributed by atoms with E-state index < -0.39 is 0 Å². The van der Waals surface area contributed by atoms with Crippen molar-refractivity contribution in [2.75, 3.05) is 7.11 Å². The number of hydrogen-bond acceptors (Lipinski definition) is 3. The molecule has 0 radical (unpaired) electrons. The van der Waals surface area contributed by atoms with Crippen LogP contribution in [0.3, 0.4) is 0 Å². The molecule has 1 atom stereocenters. The van der Waals surface area contributed by atoms with E-state index in [1.807, 2.05) is 50.2 Å². The van der Waals surface area contributed by atoms with Gasteiger partial charge in [0.05, 0.1) is 7.11 Å². The molecule has 106 valence electrons. The third-order valence-electron chi connectivity index (χ3n) is 3.00. The second-order valence-corrected chi connectivity index (χ2v) is 5.09. The first-order chi connectivity index (χ1) is 9.58. The SMILES string of the molecule is COc1cc(C)ccc1Oc1cccc(CC(C)N)c1. The van der Waals surface area contributed by atoms with Gasteiger partial charge in [-0.05, 0) is 55.7 Å². The standard InChI is InChI=1S/C17H21NO2/c1-12-7-8-16(17(9-12)19-3)20-15-6-4-5-14(11-15)10-13(2)18/h4-9,11,13H,10,18H2,1-3H3. The van der Waals surface area contributed by atoms with Crippen LogP contribution in [-0.4, -0.2) is 13.2 Å². The molecule has 3 heteroatoms. The minimum atomic E-state index is 0.138. The van der Waals surface area contributed by atoms with Crippen molar-refractivity contribution in [2.45, 2.75) is 26.3 Å². The second kappa shape index (κ2) is 6.44. The molecule has 0 saturated heterocycles. The second-order valence-electron chi connectivity index (χ2n) is 5.09. The lowest BCUT2D eigenvalue weighted by atomic mass is 10.1. The average Bonchev–Trinajstić information content (AvgIpc) is 2.40. The summed E-state index contributed by atoms with van der Waals surface area (Å²) in [5.74, 6) is 2.25. The summed E-state index contributed by atoms with van der Waals surface area (Å²) in [5, 5.41) is 0. The van der Waals surface area contributed by atoms with Crippen molar-refractivity contribution in [1.29, 1.82) is 0 Å². The molecule has 0 fully saturated rings. The van der Waals surface area contributed by atoms with E-state index in [4.69, 9.17) is 15.2 Å². The fraction of sp³-hybridized carbons (Fsp3) is 0.294. The molecule has 2 aromatic carbocycles. The quantitative estimate of drug-likeness (QED) is 0.902. The molecular weight excluding hydrogens is 250 g/mol. The largest absolute Gasteiger partial charge is 0.493 e. The molecule has 0 saturated carbocycles. The highest BCUT2D eigenvalue weighted by atomic mass is 16.5. The first-order valence-electron chi connectivity index (χ1n) is 6.75. The Morgan fingerprint density at radius 3 is 2.60 bits per heavy atom. The molecule has 2 N–H and O–H groups in total. The highest BCUT2D eigenvalue weighted by molar-refractivity contribution is 5.45. The number of rotatable bonds is 5. The Labute approximate surface area is 120 Å². The lowest BCUT2D eigenvalue weighted by Gasteiger charge is -2.12. The van der Waals surface area contributed by atoms with Crippen molar-refractivity contribution in [3.63, 3.8) is 0 Å². The van der Waals surface area contributed by atoms with Crippen LogP contribution < -0.4 is 15.2 Å². The third-order valence-corrected chi connectivity index (χ3v) is 3.00. The average molecular weight is 271 g/mol. The molecule has 0 heterocycles.